The van der Waals surface area contributed by atoms with Crippen LogP contribution in [0.4, 0.5) is 4.39 Å². The van der Waals surface area contributed by atoms with Crippen LogP contribution in [-0.4, -0.2) is 62.0 Å². The molecule has 1 fully saturated rings. The molecule has 0 amide bonds. The van der Waals surface area contributed by atoms with Gasteiger partial charge in [-0.05, 0) is 50.3 Å². The maximum Gasteiger partial charge on any atom is 0.191 e. The Morgan fingerprint density at radius 1 is 1.41 bits per heavy atom. The van der Waals surface area contributed by atoms with Crippen LogP contribution in [0.5, 0.6) is 0 Å². The number of morpholine rings is 1. The summed E-state index contributed by atoms with van der Waals surface area (Å²) in [6, 6.07) is 5.79. The number of thioether (sulfide) groups is 1. The first-order chi connectivity index (χ1) is 13.0. The van der Waals surface area contributed by atoms with Gasteiger partial charge in [0.25, 0.3) is 0 Å². The minimum Gasteiger partial charge on any atom is -0.379 e. The lowest BCUT2D eigenvalue weighted by atomic mass is 10.1. The summed E-state index contributed by atoms with van der Waals surface area (Å²) in [5.41, 5.74) is 2.08. The number of hydrogen-bond donors (Lipinski definition) is 2. The fourth-order valence-corrected chi connectivity index (χ4v) is 3.88. The van der Waals surface area contributed by atoms with E-state index in [9.17, 15) is 4.39 Å². The molecule has 1 heterocycles. The third kappa shape index (κ3) is 6.97. The van der Waals surface area contributed by atoms with E-state index in [1.807, 2.05) is 12.3 Å². The highest BCUT2D eigenvalue weighted by Crippen LogP contribution is 2.17. The van der Waals surface area contributed by atoms with E-state index in [4.69, 9.17) is 9.73 Å². The molecule has 7 heteroatoms. The summed E-state index contributed by atoms with van der Waals surface area (Å²) in [6.07, 6.45) is 2.03. The molecule has 2 N–H and O–H groups in total. The summed E-state index contributed by atoms with van der Waals surface area (Å²) in [7, 11) is 0. The lowest BCUT2D eigenvalue weighted by Gasteiger charge is -2.38. The second-order valence-electron chi connectivity index (χ2n) is 6.93. The molecule has 0 aromatic heterocycles. The molecule has 2 atom stereocenters. The summed E-state index contributed by atoms with van der Waals surface area (Å²) < 4.78 is 19.1. The van der Waals surface area contributed by atoms with Gasteiger partial charge in [-0.15, -0.1) is 0 Å². The molecule has 1 aliphatic heterocycles. The average molecular weight is 397 g/mol. The lowest BCUT2D eigenvalue weighted by Crippen LogP contribution is -2.53. The van der Waals surface area contributed by atoms with Crippen LogP contribution >= 0.6 is 11.8 Å². The molecule has 1 aliphatic rings. The highest BCUT2D eigenvalue weighted by atomic mass is 32.2. The van der Waals surface area contributed by atoms with Crippen molar-refractivity contribution >= 4 is 17.7 Å². The summed E-state index contributed by atoms with van der Waals surface area (Å²) in [5.74, 6) is 1.40. The van der Waals surface area contributed by atoms with Crippen molar-refractivity contribution in [1.29, 1.82) is 0 Å². The maximum absolute atomic E-state index is 13.5. The molecule has 0 radical (unpaired) electrons. The molecule has 27 heavy (non-hydrogen) atoms. The molecule has 5 nitrogen and oxygen atoms in total. The standard InChI is InChI=1S/C20H33FN4OS/c1-5-22-20(23-11-15(2)25-8-9-26-13-16(25)3)24-12-17-6-7-19(21)10-18(17)14-27-4/h6-7,10,15-16H,5,8-9,11-14H2,1-4H3,(H2,22,23,24). The molecular weight excluding hydrogens is 363 g/mol. The first kappa shape index (κ1) is 22.0. The van der Waals surface area contributed by atoms with Crippen molar-refractivity contribution in [3.05, 3.63) is 35.1 Å². The van der Waals surface area contributed by atoms with Crippen LogP contribution in [0.3, 0.4) is 0 Å². The Hall–Kier alpha value is -1.31. The molecule has 0 saturated carbocycles. The van der Waals surface area contributed by atoms with Crippen LogP contribution in [0, 0.1) is 5.82 Å². The third-order valence-corrected chi connectivity index (χ3v) is 5.37. The summed E-state index contributed by atoms with van der Waals surface area (Å²) in [6.45, 7) is 11.2. The first-order valence-electron chi connectivity index (χ1n) is 9.67. The molecule has 1 aromatic rings. The molecular formula is C20H33FN4OS. The predicted molar refractivity (Wildman–Crippen MR) is 113 cm³/mol. The van der Waals surface area contributed by atoms with Crippen LogP contribution in [0.25, 0.3) is 0 Å². The molecule has 0 spiro atoms. The topological polar surface area (TPSA) is 48.9 Å². The minimum absolute atomic E-state index is 0.190. The Balaban J connectivity index is 1.97. The smallest absolute Gasteiger partial charge is 0.191 e. The number of hydrogen-bond acceptors (Lipinski definition) is 4. The van der Waals surface area contributed by atoms with Crippen molar-refractivity contribution in [2.45, 2.75) is 45.2 Å². The van der Waals surface area contributed by atoms with Crippen molar-refractivity contribution < 1.29 is 9.13 Å². The number of ether oxygens (including phenoxy) is 1. The Labute approximate surface area is 167 Å². The Bertz CT molecular complexity index is 614. The van der Waals surface area contributed by atoms with Crippen LogP contribution in [-0.2, 0) is 17.0 Å². The van der Waals surface area contributed by atoms with Crippen molar-refractivity contribution in [3.8, 4) is 0 Å². The van der Waals surface area contributed by atoms with E-state index in [1.54, 1.807) is 17.8 Å². The van der Waals surface area contributed by atoms with Gasteiger partial charge < -0.3 is 15.4 Å². The van der Waals surface area contributed by atoms with E-state index < -0.39 is 0 Å². The molecule has 1 aromatic carbocycles. The van der Waals surface area contributed by atoms with Crippen LogP contribution in [0.15, 0.2) is 23.2 Å². The van der Waals surface area contributed by atoms with E-state index in [-0.39, 0.29) is 5.82 Å². The largest absolute Gasteiger partial charge is 0.379 e. The molecule has 2 unspecified atom stereocenters. The van der Waals surface area contributed by atoms with E-state index in [2.05, 4.69) is 36.3 Å². The number of nitrogens with zero attached hydrogens (tertiary/aromatic N) is 2. The zero-order valence-corrected chi connectivity index (χ0v) is 17.7. The third-order valence-electron chi connectivity index (χ3n) is 4.77. The van der Waals surface area contributed by atoms with Gasteiger partial charge in [0.15, 0.2) is 5.96 Å². The van der Waals surface area contributed by atoms with Gasteiger partial charge in [0.05, 0.1) is 19.8 Å². The Kier molecular flexibility index (Phi) is 9.38. The molecule has 2 rings (SSSR count). The van der Waals surface area contributed by atoms with Gasteiger partial charge in [0.2, 0.25) is 0 Å². The summed E-state index contributed by atoms with van der Waals surface area (Å²) in [4.78, 5) is 7.18. The predicted octanol–water partition coefficient (Wildman–Crippen LogP) is 2.85. The molecule has 1 saturated heterocycles. The van der Waals surface area contributed by atoms with E-state index in [1.165, 1.54) is 6.07 Å². The molecule has 0 aliphatic carbocycles. The van der Waals surface area contributed by atoms with E-state index >= 15 is 0 Å². The van der Waals surface area contributed by atoms with Gasteiger partial charge in [-0.1, -0.05) is 6.07 Å². The first-order valence-corrected chi connectivity index (χ1v) is 11.1. The van der Waals surface area contributed by atoms with Crippen LogP contribution in [0.1, 0.15) is 31.9 Å². The van der Waals surface area contributed by atoms with E-state index in [0.29, 0.717) is 18.6 Å². The van der Waals surface area contributed by atoms with Gasteiger partial charge in [-0.3, -0.25) is 4.90 Å². The number of guanidine groups is 1. The number of rotatable bonds is 8. The van der Waals surface area contributed by atoms with E-state index in [0.717, 1.165) is 55.7 Å². The zero-order valence-electron chi connectivity index (χ0n) is 16.9. The van der Waals surface area contributed by atoms with Gasteiger partial charge in [-0.25, -0.2) is 9.38 Å². The fraction of sp³-hybridized carbons (Fsp3) is 0.650. The summed E-state index contributed by atoms with van der Waals surface area (Å²) >= 11 is 1.69. The van der Waals surface area contributed by atoms with Crippen LogP contribution < -0.4 is 10.6 Å². The molecule has 152 valence electrons. The number of aliphatic imine (C=N–C) groups is 1. The normalized spacial score (nSPS) is 19.7. The van der Waals surface area contributed by atoms with Crippen molar-refractivity contribution in [2.24, 2.45) is 4.99 Å². The quantitative estimate of drug-likeness (QED) is 0.523. The fourth-order valence-electron chi connectivity index (χ4n) is 3.30. The number of halogens is 1. The minimum atomic E-state index is -0.190. The zero-order chi connectivity index (χ0) is 19.6. The SMILES string of the molecule is CCNC(=NCc1ccc(F)cc1CSC)NCC(C)N1CCOCC1C. The number of nitrogens with one attached hydrogen (secondary N) is 2. The van der Waals surface area contributed by atoms with Gasteiger partial charge in [0, 0.05) is 37.5 Å². The van der Waals surface area contributed by atoms with Crippen molar-refractivity contribution in [2.75, 3.05) is 39.1 Å². The maximum atomic E-state index is 13.5. The van der Waals surface area contributed by atoms with Crippen LogP contribution in [0.2, 0.25) is 0 Å². The Morgan fingerprint density at radius 2 is 2.22 bits per heavy atom. The van der Waals surface area contributed by atoms with Crippen molar-refractivity contribution in [1.82, 2.24) is 15.5 Å². The Morgan fingerprint density at radius 3 is 2.93 bits per heavy atom. The van der Waals surface area contributed by atoms with Crippen molar-refractivity contribution in [3.63, 3.8) is 0 Å². The van der Waals surface area contributed by atoms with Gasteiger partial charge in [-0.2, -0.15) is 11.8 Å². The second-order valence-corrected chi connectivity index (χ2v) is 7.80. The average Bonchev–Trinajstić information content (AvgIpc) is 2.65. The van der Waals surface area contributed by atoms with Gasteiger partial charge >= 0.3 is 0 Å². The highest BCUT2D eigenvalue weighted by Gasteiger charge is 2.23. The van der Waals surface area contributed by atoms with Gasteiger partial charge in [0.1, 0.15) is 5.82 Å². The second kappa shape index (κ2) is 11.5. The molecule has 0 bridgehead atoms. The highest BCUT2D eigenvalue weighted by molar-refractivity contribution is 7.97. The monoisotopic (exact) mass is 396 g/mol. The number of benzene rings is 1. The lowest BCUT2D eigenvalue weighted by molar-refractivity contribution is -0.0174. The summed E-state index contributed by atoms with van der Waals surface area (Å²) in [5, 5.41) is 6.75.